The van der Waals surface area contributed by atoms with Crippen molar-refractivity contribution in [1.29, 1.82) is 0 Å². The molecule has 0 unspecified atom stereocenters. The molecule has 2 aromatic rings. The number of halogens is 1. The van der Waals surface area contributed by atoms with E-state index in [2.05, 4.69) is 21.2 Å². The van der Waals surface area contributed by atoms with E-state index in [0.29, 0.717) is 12.3 Å². The van der Waals surface area contributed by atoms with E-state index in [1.54, 1.807) is 0 Å². The fourth-order valence-electron chi connectivity index (χ4n) is 2.39. The van der Waals surface area contributed by atoms with Crippen LogP contribution in [0.3, 0.4) is 0 Å². The standard InChI is InChI=1S/C18H19BrN2O4/c1-18(2,12-5-4-6-13(19)9-12)11-20-17(22)15-10-14(25-3)7-8-16(15)21(23)24/h4-10H,11H2,1-3H3,(H,20,22). The molecule has 0 radical (unpaired) electrons. The Morgan fingerprint density at radius 1 is 1.28 bits per heavy atom. The van der Waals surface area contributed by atoms with Crippen LogP contribution < -0.4 is 10.1 Å². The van der Waals surface area contributed by atoms with Crippen LogP contribution in [0.15, 0.2) is 46.9 Å². The molecule has 2 rings (SSSR count). The Balaban J connectivity index is 2.21. The van der Waals surface area contributed by atoms with Crippen LogP contribution in [-0.2, 0) is 5.41 Å². The number of methoxy groups -OCH3 is 1. The van der Waals surface area contributed by atoms with Crippen molar-refractivity contribution in [1.82, 2.24) is 5.32 Å². The van der Waals surface area contributed by atoms with Crippen LogP contribution in [0.2, 0.25) is 0 Å². The first kappa shape index (κ1) is 18.9. The predicted molar refractivity (Wildman–Crippen MR) is 99.1 cm³/mol. The van der Waals surface area contributed by atoms with Crippen LogP contribution in [0, 0.1) is 10.1 Å². The summed E-state index contributed by atoms with van der Waals surface area (Å²) in [6.07, 6.45) is 0. The molecule has 0 aromatic heterocycles. The van der Waals surface area contributed by atoms with Crippen molar-refractivity contribution in [3.05, 3.63) is 68.2 Å². The van der Waals surface area contributed by atoms with Gasteiger partial charge in [0.2, 0.25) is 0 Å². The zero-order valence-electron chi connectivity index (χ0n) is 14.2. The normalized spacial score (nSPS) is 11.0. The summed E-state index contributed by atoms with van der Waals surface area (Å²) in [6.45, 7) is 4.32. The molecular formula is C18H19BrN2O4. The van der Waals surface area contributed by atoms with E-state index in [-0.39, 0.29) is 16.7 Å². The molecule has 0 saturated heterocycles. The molecule has 0 atom stereocenters. The Labute approximate surface area is 154 Å². The van der Waals surface area contributed by atoms with E-state index in [9.17, 15) is 14.9 Å². The number of nitrogens with one attached hydrogen (secondary N) is 1. The molecule has 132 valence electrons. The van der Waals surface area contributed by atoms with Gasteiger partial charge in [0.15, 0.2) is 0 Å². The van der Waals surface area contributed by atoms with Gasteiger partial charge in [0.1, 0.15) is 11.3 Å². The highest BCUT2D eigenvalue weighted by Gasteiger charge is 2.25. The highest BCUT2D eigenvalue weighted by atomic mass is 79.9. The predicted octanol–water partition coefficient (Wildman–Crippen LogP) is 4.07. The van der Waals surface area contributed by atoms with Gasteiger partial charge in [0.25, 0.3) is 11.6 Å². The largest absolute Gasteiger partial charge is 0.497 e. The Morgan fingerprint density at radius 2 is 2.00 bits per heavy atom. The van der Waals surface area contributed by atoms with Crippen LogP contribution in [0.5, 0.6) is 5.75 Å². The summed E-state index contributed by atoms with van der Waals surface area (Å²) in [6, 6.07) is 11.9. The first-order valence-corrected chi connectivity index (χ1v) is 8.40. The number of rotatable bonds is 6. The summed E-state index contributed by atoms with van der Waals surface area (Å²) in [5.74, 6) is -0.115. The fraction of sp³-hybridized carbons (Fsp3) is 0.278. The number of nitro groups is 1. The summed E-state index contributed by atoms with van der Waals surface area (Å²) in [5.41, 5.74) is 0.433. The molecule has 7 heteroatoms. The van der Waals surface area contributed by atoms with Crippen molar-refractivity contribution in [2.45, 2.75) is 19.3 Å². The number of nitrogens with zero attached hydrogens (tertiary/aromatic N) is 1. The fourth-order valence-corrected chi connectivity index (χ4v) is 2.79. The van der Waals surface area contributed by atoms with Crippen molar-refractivity contribution >= 4 is 27.5 Å². The monoisotopic (exact) mass is 406 g/mol. The highest BCUT2D eigenvalue weighted by molar-refractivity contribution is 9.10. The molecular weight excluding hydrogens is 388 g/mol. The third-order valence-corrected chi connectivity index (χ3v) is 4.44. The maximum atomic E-state index is 12.5. The van der Waals surface area contributed by atoms with Crippen molar-refractivity contribution in [3.63, 3.8) is 0 Å². The minimum atomic E-state index is -0.576. The van der Waals surface area contributed by atoms with E-state index < -0.39 is 10.8 Å². The van der Waals surface area contributed by atoms with Gasteiger partial charge >= 0.3 is 0 Å². The van der Waals surface area contributed by atoms with E-state index in [4.69, 9.17) is 4.74 Å². The summed E-state index contributed by atoms with van der Waals surface area (Å²) in [5, 5.41) is 14.0. The second-order valence-electron chi connectivity index (χ2n) is 6.22. The quantitative estimate of drug-likeness (QED) is 0.578. The molecule has 0 aliphatic heterocycles. The molecule has 0 aliphatic carbocycles. The average molecular weight is 407 g/mol. The minimum Gasteiger partial charge on any atom is -0.497 e. The van der Waals surface area contributed by atoms with Gasteiger partial charge in [-0.15, -0.1) is 0 Å². The number of hydrogen-bond acceptors (Lipinski definition) is 4. The number of benzene rings is 2. The summed E-state index contributed by atoms with van der Waals surface area (Å²) in [4.78, 5) is 23.1. The first-order chi connectivity index (χ1) is 11.7. The van der Waals surface area contributed by atoms with Gasteiger partial charge in [-0.2, -0.15) is 0 Å². The van der Waals surface area contributed by atoms with Crippen LogP contribution in [0.4, 0.5) is 5.69 Å². The zero-order chi connectivity index (χ0) is 18.6. The SMILES string of the molecule is COc1ccc([N+](=O)[O-])c(C(=O)NCC(C)(C)c2cccc(Br)c2)c1. The van der Waals surface area contributed by atoms with E-state index in [1.165, 1.54) is 25.3 Å². The van der Waals surface area contributed by atoms with Crippen molar-refractivity contribution in [2.24, 2.45) is 0 Å². The molecule has 0 saturated carbocycles. The number of nitro benzene ring substituents is 1. The van der Waals surface area contributed by atoms with E-state index >= 15 is 0 Å². The topological polar surface area (TPSA) is 81.5 Å². The lowest BCUT2D eigenvalue weighted by atomic mass is 9.84. The lowest BCUT2D eigenvalue weighted by molar-refractivity contribution is -0.385. The number of carbonyl (C=O) groups excluding carboxylic acids is 1. The molecule has 2 aromatic carbocycles. The third-order valence-electron chi connectivity index (χ3n) is 3.94. The van der Waals surface area contributed by atoms with E-state index in [0.717, 1.165) is 10.0 Å². The van der Waals surface area contributed by atoms with E-state index in [1.807, 2.05) is 38.1 Å². The van der Waals surface area contributed by atoms with Crippen LogP contribution in [0.25, 0.3) is 0 Å². The molecule has 1 N–H and O–H groups in total. The Morgan fingerprint density at radius 3 is 2.60 bits per heavy atom. The highest BCUT2D eigenvalue weighted by Crippen LogP contribution is 2.27. The number of ether oxygens (including phenoxy) is 1. The third kappa shape index (κ3) is 4.57. The molecule has 0 fully saturated rings. The molecule has 0 heterocycles. The van der Waals surface area contributed by atoms with Crippen LogP contribution >= 0.6 is 15.9 Å². The minimum absolute atomic E-state index is 0.0191. The second kappa shape index (κ2) is 7.65. The van der Waals surface area contributed by atoms with Gasteiger partial charge in [-0.25, -0.2) is 0 Å². The van der Waals surface area contributed by atoms with Crippen LogP contribution in [0.1, 0.15) is 29.8 Å². The molecule has 0 aliphatic rings. The summed E-state index contributed by atoms with van der Waals surface area (Å²) < 4.78 is 6.01. The summed E-state index contributed by atoms with van der Waals surface area (Å²) in [7, 11) is 1.44. The van der Waals surface area contributed by atoms with Gasteiger partial charge in [-0.05, 0) is 29.8 Å². The van der Waals surface area contributed by atoms with Crippen LogP contribution in [-0.4, -0.2) is 24.5 Å². The molecule has 6 nitrogen and oxygen atoms in total. The lowest BCUT2D eigenvalue weighted by Crippen LogP contribution is -2.36. The van der Waals surface area contributed by atoms with Crippen molar-refractivity contribution < 1.29 is 14.5 Å². The van der Waals surface area contributed by atoms with Gasteiger partial charge in [-0.3, -0.25) is 14.9 Å². The first-order valence-electron chi connectivity index (χ1n) is 7.61. The van der Waals surface area contributed by atoms with Crippen molar-refractivity contribution in [2.75, 3.05) is 13.7 Å². The van der Waals surface area contributed by atoms with Gasteiger partial charge in [0.05, 0.1) is 12.0 Å². The second-order valence-corrected chi connectivity index (χ2v) is 7.13. The molecule has 0 spiro atoms. The maximum absolute atomic E-state index is 12.5. The molecule has 1 amide bonds. The number of amides is 1. The number of carbonyl (C=O) groups is 1. The molecule has 25 heavy (non-hydrogen) atoms. The average Bonchev–Trinajstić information content (AvgIpc) is 2.59. The van der Waals surface area contributed by atoms with Gasteiger partial charge < -0.3 is 10.1 Å². The lowest BCUT2D eigenvalue weighted by Gasteiger charge is -2.26. The molecule has 0 bridgehead atoms. The number of hydrogen-bond donors (Lipinski definition) is 1. The van der Waals surface area contributed by atoms with Gasteiger partial charge in [0, 0.05) is 22.5 Å². The zero-order valence-corrected chi connectivity index (χ0v) is 15.8. The Bertz CT molecular complexity index is 805. The maximum Gasteiger partial charge on any atom is 0.282 e. The summed E-state index contributed by atoms with van der Waals surface area (Å²) >= 11 is 3.44. The Hall–Kier alpha value is -2.41. The van der Waals surface area contributed by atoms with Crippen molar-refractivity contribution in [3.8, 4) is 5.75 Å². The van der Waals surface area contributed by atoms with Gasteiger partial charge in [-0.1, -0.05) is 41.9 Å². The Kier molecular flexibility index (Phi) is 5.79. The smallest absolute Gasteiger partial charge is 0.282 e.